The molecule has 0 aromatic rings. The van der Waals surface area contributed by atoms with Crippen LogP contribution < -0.4 is 0 Å². The first-order chi connectivity index (χ1) is 35.0. The predicted molar refractivity (Wildman–Crippen MR) is 306 cm³/mol. The van der Waals surface area contributed by atoms with Gasteiger partial charge in [-0.2, -0.15) is 0 Å². The number of ether oxygens (including phenoxy) is 3. The minimum atomic E-state index is -0.811. The third kappa shape index (κ3) is 56.1. The fourth-order valence-electron chi connectivity index (χ4n) is 7.16. The van der Waals surface area contributed by atoms with Crippen molar-refractivity contribution in [3.05, 3.63) is 146 Å². The summed E-state index contributed by atoms with van der Waals surface area (Å²) < 4.78 is 16.7. The van der Waals surface area contributed by atoms with Crippen molar-refractivity contribution in [2.75, 3.05) is 13.2 Å². The molecule has 0 N–H and O–H groups in total. The van der Waals surface area contributed by atoms with Crippen LogP contribution in [0.5, 0.6) is 0 Å². The van der Waals surface area contributed by atoms with Crippen molar-refractivity contribution in [3.63, 3.8) is 0 Å². The van der Waals surface area contributed by atoms with E-state index in [0.717, 1.165) is 135 Å². The van der Waals surface area contributed by atoms with Crippen molar-refractivity contribution in [2.45, 2.75) is 232 Å². The van der Waals surface area contributed by atoms with Gasteiger partial charge in [0, 0.05) is 19.3 Å². The third-order valence-electron chi connectivity index (χ3n) is 11.3. The fourth-order valence-corrected chi connectivity index (χ4v) is 7.16. The van der Waals surface area contributed by atoms with Gasteiger partial charge in [-0.05, 0) is 116 Å². The highest BCUT2D eigenvalue weighted by atomic mass is 16.6. The predicted octanol–water partition coefficient (Wildman–Crippen LogP) is 19.2. The minimum absolute atomic E-state index is 0.106. The van der Waals surface area contributed by atoms with Crippen LogP contribution in [0.2, 0.25) is 0 Å². The van der Waals surface area contributed by atoms with Gasteiger partial charge in [0.15, 0.2) is 6.10 Å². The molecule has 0 aliphatic rings. The number of rotatable bonds is 49. The van der Waals surface area contributed by atoms with Crippen molar-refractivity contribution >= 4 is 17.9 Å². The molecule has 0 aliphatic carbocycles. The van der Waals surface area contributed by atoms with Crippen LogP contribution in [-0.2, 0) is 28.6 Å². The normalized spacial score (nSPS) is 13.2. The monoisotopic (exact) mass is 979 g/mol. The van der Waals surface area contributed by atoms with Gasteiger partial charge in [0.1, 0.15) is 13.2 Å². The molecule has 6 nitrogen and oxygen atoms in total. The molecular weight excluding hydrogens is 877 g/mol. The van der Waals surface area contributed by atoms with Crippen LogP contribution in [0.25, 0.3) is 0 Å². The average molecular weight is 980 g/mol. The standard InChI is InChI=1S/C65H102O6/c1-4-7-10-13-16-18-20-22-24-26-28-30-32-34-36-38-40-42-44-46-49-52-55-58-64(67)70-61-62(60-69-63(66)57-54-51-48-15-12-9-6-3)71-65(68)59-56-53-50-47-45-43-41-39-37-35-33-31-29-27-25-23-21-19-17-14-11-8-5-2/h7-8,10-11,16-19,22-25,28-31,34-37,40,42,46,49,62H,4-6,9,12-15,20-21,26-27,32-33,38-39,41,43-45,47-48,50-61H2,1-3H3/b10-7-,11-8-,18-16-,19-17-,24-22-,25-23-,30-28-,31-29-,36-34-,37-35-,42-40-,49-46-. The number of carbonyl (C=O) groups excluding carboxylic acids is 3. The van der Waals surface area contributed by atoms with E-state index in [-0.39, 0.29) is 37.5 Å². The van der Waals surface area contributed by atoms with Crippen molar-refractivity contribution in [2.24, 2.45) is 0 Å². The first-order valence-electron chi connectivity index (χ1n) is 28.3. The zero-order chi connectivity index (χ0) is 51.4. The highest BCUT2D eigenvalue weighted by molar-refractivity contribution is 5.71. The molecule has 1 unspecified atom stereocenters. The van der Waals surface area contributed by atoms with E-state index in [1.54, 1.807) is 0 Å². The number of carbonyl (C=O) groups is 3. The molecule has 0 heterocycles. The van der Waals surface area contributed by atoms with Gasteiger partial charge in [0.05, 0.1) is 0 Å². The molecule has 398 valence electrons. The summed E-state index contributed by atoms with van der Waals surface area (Å²) in [5.41, 5.74) is 0. The Balaban J connectivity index is 4.37. The molecule has 0 spiro atoms. The van der Waals surface area contributed by atoms with Gasteiger partial charge >= 0.3 is 17.9 Å². The molecule has 0 aromatic carbocycles. The zero-order valence-electron chi connectivity index (χ0n) is 45.4. The Kier molecular flexibility index (Phi) is 54.0. The minimum Gasteiger partial charge on any atom is -0.462 e. The fraction of sp³-hybridized carbons (Fsp3) is 0.585. The summed E-state index contributed by atoms with van der Waals surface area (Å²) >= 11 is 0. The lowest BCUT2D eigenvalue weighted by Gasteiger charge is -2.18. The second-order valence-electron chi connectivity index (χ2n) is 18.1. The molecule has 0 saturated heterocycles. The first kappa shape index (κ1) is 66.3. The highest BCUT2D eigenvalue weighted by Crippen LogP contribution is 2.13. The molecule has 0 amide bonds. The number of allylic oxidation sites excluding steroid dienone is 24. The largest absolute Gasteiger partial charge is 0.462 e. The van der Waals surface area contributed by atoms with E-state index in [1.807, 2.05) is 0 Å². The molecule has 71 heavy (non-hydrogen) atoms. The van der Waals surface area contributed by atoms with Crippen molar-refractivity contribution in [1.82, 2.24) is 0 Å². The lowest BCUT2D eigenvalue weighted by atomic mass is 10.1. The van der Waals surface area contributed by atoms with Gasteiger partial charge in [0.25, 0.3) is 0 Å². The number of esters is 3. The van der Waals surface area contributed by atoms with Gasteiger partial charge in [-0.15, -0.1) is 0 Å². The van der Waals surface area contributed by atoms with E-state index in [2.05, 4.69) is 167 Å². The summed E-state index contributed by atoms with van der Waals surface area (Å²) in [4.78, 5) is 37.9. The van der Waals surface area contributed by atoms with Crippen molar-refractivity contribution in [3.8, 4) is 0 Å². The Morgan fingerprint density at radius 3 is 0.915 bits per heavy atom. The van der Waals surface area contributed by atoms with Crippen LogP contribution in [0, 0.1) is 0 Å². The SMILES string of the molecule is CC/C=C\C/C=C\C/C=C\C/C=C\C/C=C\C/C=C\C/C=C\CCCC(=O)OCC(COC(=O)CCCCCCCCC)OC(=O)CCCCCCCCC/C=C\C/C=C\C/C=C\C/C=C\C/C=C\CC. The highest BCUT2D eigenvalue weighted by Gasteiger charge is 2.19. The summed E-state index contributed by atoms with van der Waals surface area (Å²) in [6, 6.07) is 0. The summed E-state index contributed by atoms with van der Waals surface area (Å²) in [6.07, 6.45) is 82.9. The number of hydrogen-bond donors (Lipinski definition) is 0. The molecular formula is C65H102O6. The maximum atomic E-state index is 12.8. The lowest BCUT2D eigenvalue weighted by Crippen LogP contribution is -2.30. The van der Waals surface area contributed by atoms with Crippen LogP contribution in [0.4, 0.5) is 0 Å². The smallest absolute Gasteiger partial charge is 0.306 e. The van der Waals surface area contributed by atoms with Gasteiger partial charge in [-0.3, -0.25) is 14.4 Å². The Morgan fingerprint density at radius 2 is 0.563 bits per heavy atom. The van der Waals surface area contributed by atoms with Crippen LogP contribution in [0.1, 0.15) is 226 Å². The molecule has 6 heteroatoms. The molecule has 0 bridgehead atoms. The zero-order valence-corrected chi connectivity index (χ0v) is 45.4. The van der Waals surface area contributed by atoms with Crippen molar-refractivity contribution < 1.29 is 28.6 Å². The summed E-state index contributed by atoms with van der Waals surface area (Å²) in [6.45, 7) is 6.29. The molecule has 0 aliphatic heterocycles. The van der Waals surface area contributed by atoms with Gasteiger partial charge in [-0.25, -0.2) is 0 Å². The summed E-state index contributed by atoms with van der Waals surface area (Å²) in [5.74, 6) is -0.994. The Morgan fingerprint density at radius 1 is 0.296 bits per heavy atom. The van der Waals surface area contributed by atoms with Gasteiger partial charge in [-0.1, -0.05) is 237 Å². The van der Waals surface area contributed by atoms with Crippen LogP contribution >= 0.6 is 0 Å². The second kappa shape index (κ2) is 57.9. The maximum Gasteiger partial charge on any atom is 0.306 e. The third-order valence-corrected chi connectivity index (χ3v) is 11.3. The van der Waals surface area contributed by atoms with Crippen LogP contribution in [-0.4, -0.2) is 37.2 Å². The topological polar surface area (TPSA) is 78.9 Å². The average Bonchev–Trinajstić information content (AvgIpc) is 3.37. The molecule has 0 aromatic heterocycles. The van der Waals surface area contributed by atoms with Gasteiger partial charge in [0.2, 0.25) is 0 Å². The molecule has 0 fully saturated rings. The van der Waals surface area contributed by atoms with Gasteiger partial charge < -0.3 is 14.2 Å². The quantitative estimate of drug-likeness (QED) is 0.0262. The molecule has 1 atom stereocenters. The van der Waals surface area contributed by atoms with Crippen LogP contribution in [0.3, 0.4) is 0 Å². The van der Waals surface area contributed by atoms with Crippen LogP contribution in [0.15, 0.2) is 146 Å². The van der Waals surface area contributed by atoms with E-state index < -0.39 is 6.10 Å². The van der Waals surface area contributed by atoms with E-state index in [1.165, 1.54) is 44.9 Å². The summed E-state index contributed by atoms with van der Waals surface area (Å²) in [5, 5.41) is 0. The number of hydrogen-bond acceptors (Lipinski definition) is 6. The molecule has 0 radical (unpaired) electrons. The Labute approximate surface area is 436 Å². The van der Waals surface area contributed by atoms with E-state index >= 15 is 0 Å². The van der Waals surface area contributed by atoms with E-state index in [9.17, 15) is 14.4 Å². The maximum absolute atomic E-state index is 12.8. The van der Waals surface area contributed by atoms with E-state index in [0.29, 0.717) is 19.3 Å². The summed E-state index contributed by atoms with van der Waals surface area (Å²) in [7, 11) is 0. The Hall–Kier alpha value is -4.71. The lowest BCUT2D eigenvalue weighted by molar-refractivity contribution is -0.167. The Bertz CT molecular complexity index is 1590. The van der Waals surface area contributed by atoms with Crippen molar-refractivity contribution in [1.29, 1.82) is 0 Å². The molecule has 0 saturated carbocycles. The van der Waals surface area contributed by atoms with E-state index in [4.69, 9.17) is 14.2 Å². The second-order valence-corrected chi connectivity index (χ2v) is 18.1. The molecule has 0 rings (SSSR count). The number of unbranched alkanes of at least 4 members (excludes halogenated alkanes) is 14. The first-order valence-corrected chi connectivity index (χ1v) is 28.3.